The zero-order valence-electron chi connectivity index (χ0n) is 16.1. The van der Waals surface area contributed by atoms with Crippen LogP contribution in [0.25, 0.3) is 0 Å². The number of hydrogen-bond acceptors (Lipinski definition) is 3. The molecule has 5 nitrogen and oxygen atoms in total. The number of carbonyl (C=O) groups is 1. The molecule has 0 bridgehead atoms. The summed E-state index contributed by atoms with van der Waals surface area (Å²) in [6.45, 7) is 10.2. The van der Waals surface area contributed by atoms with Crippen LogP contribution < -0.4 is 0 Å². The summed E-state index contributed by atoms with van der Waals surface area (Å²) in [7, 11) is 0. The fourth-order valence-electron chi connectivity index (χ4n) is 3.66. The van der Waals surface area contributed by atoms with E-state index in [2.05, 4.69) is 36.5 Å². The highest BCUT2D eigenvalue weighted by Gasteiger charge is 2.33. The van der Waals surface area contributed by atoms with E-state index in [1.807, 2.05) is 17.1 Å². The molecule has 2 heterocycles. The Kier molecular flexibility index (Phi) is 6.19. The lowest BCUT2D eigenvalue weighted by Gasteiger charge is -2.40. The van der Waals surface area contributed by atoms with Crippen molar-refractivity contribution >= 4 is 5.91 Å². The molecule has 1 amide bonds. The maximum absolute atomic E-state index is 13.2. The van der Waals surface area contributed by atoms with E-state index in [1.165, 1.54) is 17.7 Å². The van der Waals surface area contributed by atoms with Crippen LogP contribution in [0.5, 0.6) is 0 Å². The predicted molar refractivity (Wildman–Crippen MR) is 107 cm³/mol. The van der Waals surface area contributed by atoms with Crippen LogP contribution >= 0.6 is 0 Å². The van der Waals surface area contributed by atoms with E-state index >= 15 is 0 Å². The van der Waals surface area contributed by atoms with Gasteiger partial charge in [0, 0.05) is 6.04 Å². The van der Waals surface area contributed by atoms with E-state index in [9.17, 15) is 9.18 Å². The third-order valence-corrected chi connectivity index (χ3v) is 4.88. The Morgan fingerprint density at radius 2 is 1.96 bits per heavy atom. The number of halogens is 1. The summed E-state index contributed by atoms with van der Waals surface area (Å²) in [4.78, 5) is 15.1. The molecule has 6 heteroatoms. The Bertz CT molecular complexity index is 884. The molecule has 146 valence electrons. The van der Waals surface area contributed by atoms with Gasteiger partial charge in [-0.05, 0) is 43.9 Å². The molecule has 1 aromatic carbocycles. The molecule has 3 rings (SSSR count). The summed E-state index contributed by atoms with van der Waals surface area (Å²) >= 11 is 0. The van der Waals surface area contributed by atoms with Gasteiger partial charge in [0.1, 0.15) is 5.82 Å². The highest BCUT2D eigenvalue weighted by molar-refractivity contribution is 5.92. The second kappa shape index (κ2) is 8.78. The normalized spacial score (nSPS) is 19.2. The van der Waals surface area contributed by atoms with Gasteiger partial charge in [0.25, 0.3) is 5.91 Å². The van der Waals surface area contributed by atoms with Crippen molar-refractivity contribution in [1.82, 2.24) is 19.9 Å². The largest absolute Gasteiger partial charge is 0.327 e. The number of hydrogen-bond donors (Lipinski definition) is 0. The van der Waals surface area contributed by atoms with Crippen LogP contribution in [0.15, 0.2) is 67.4 Å². The van der Waals surface area contributed by atoms with Gasteiger partial charge in [0.05, 0.1) is 18.8 Å². The summed E-state index contributed by atoms with van der Waals surface area (Å²) < 4.78 is 14.7. The van der Waals surface area contributed by atoms with Crippen molar-refractivity contribution in [3.63, 3.8) is 0 Å². The van der Waals surface area contributed by atoms with Crippen LogP contribution in [-0.4, -0.2) is 37.9 Å². The fraction of sp³-hybridized carbons (Fsp3) is 0.318. The first kappa shape index (κ1) is 19.7. The zero-order chi connectivity index (χ0) is 20.1. The van der Waals surface area contributed by atoms with Crippen molar-refractivity contribution in [1.29, 1.82) is 0 Å². The molecule has 0 unspecified atom stereocenters. The number of rotatable bonds is 7. The quantitative estimate of drug-likeness (QED) is 0.678. The average Bonchev–Trinajstić information content (AvgIpc) is 3.12. The maximum Gasteiger partial charge on any atom is 0.276 e. The molecular formula is C22H25FN4O. The minimum atomic E-state index is -0.284. The lowest BCUT2D eigenvalue weighted by molar-refractivity contribution is 0.0595. The summed E-state index contributed by atoms with van der Waals surface area (Å²) in [5, 5.41) is 8.17. The lowest BCUT2D eigenvalue weighted by atomic mass is 9.92. The predicted octanol–water partition coefficient (Wildman–Crippen LogP) is 4.15. The van der Waals surface area contributed by atoms with Crippen LogP contribution in [0.4, 0.5) is 4.39 Å². The number of aromatic nitrogens is 3. The van der Waals surface area contributed by atoms with Gasteiger partial charge < -0.3 is 4.90 Å². The van der Waals surface area contributed by atoms with Gasteiger partial charge in [-0.15, -0.1) is 18.3 Å². The molecule has 0 saturated heterocycles. The molecule has 0 aliphatic carbocycles. The first-order valence-electron chi connectivity index (χ1n) is 9.38. The number of amides is 1. The van der Waals surface area contributed by atoms with Crippen LogP contribution in [0.2, 0.25) is 0 Å². The minimum Gasteiger partial charge on any atom is -0.327 e. The summed E-state index contributed by atoms with van der Waals surface area (Å²) in [6, 6.07) is 6.18. The molecule has 0 saturated carbocycles. The first-order valence-corrected chi connectivity index (χ1v) is 9.38. The molecular weight excluding hydrogens is 355 g/mol. The van der Waals surface area contributed by atoms with Crippen LogP contribution in [0, 0.1) is 5.82 Å². The number of benzene rings is 1. The molecule has 2 atom stereocenters. The van der Waals surface area contributed by atoms with Crippen molar-refractivity contribution in [2.75, 3.05) is 0 Å². The standard InChI is InChI=1S/C22H25FN4O/c1-4-6-19-12-16(3)13-20(7-5-2)27(19)22(28)21-15-26(25-24-21)14-17-8-10-18(23)11-9-17/h4-5,8-12,15,19-20H,1-2,6-7,13-14H2,3H3/t19-,20-/m1/s1. The Balaban J connectivity index is 1.82. The topological polar surface area (TPSA) is 51.0 Å². The Morgan fingerprint density at radius 1 is 1.25 bits per heavy atom. The van der Waals surface area contributed by atoms with Crippen molar-refractivity contribution in [3.05, 3.63) is 84.5 Å². The van der Waals surface area contributed by atoms with E-state index in [0.717, 1.165) is 12.0 Å². The van der Waals surface area contributed by atoms with Gasteiger partial charge in [-0.1, -0.05) is 41.1 Å². The third kappa shape index (κ3) is 4.44. The van der Waals surface area contributed by atoms with Gasteiger partial charge in [0.2, 0.25) is 0 Å². The smallest absolute Gasteiger partial charge is 0.276 e. The Labute approximate surface area is 164 Å². The van der Waals surface area contributed by atoms with Gasteiger partial charge in [0.15, 0.2) is 5.69 Å². The molecule has 0 fully saturated rings. The van der Waals surface area contributed by atoms with Crippen molar-refractivity contribution in [3.8, 4) is 0 Å². The molecule has 1 aromatic heterocycles. The van der Waals surface area contributed by atoms with Gasteiger partial charge in [-0.25, -0.2) is 9.07 Å². The van der Waals surface area contributed by atoms with Crippen molar-refractivity contribution in [2.24, 2.45) is 0 Å². The highest BCUT2D eigenvalue weighted by Crippen LogP contribution is 2.28. The van der Waals surface area contributed by atoms with E-state index in [1.54, 1.807) is 23.0 Å². The molecule has 1 aliphatic heterocycles. The zero-order valence-corrected chi connectivity index (χ0v) is 16.1. The molecule has 1 aliphatic rings. The number of carbonyl (C=O) groups excluding carboxylic acids is 1. The molecule has 28 heavy (non-hydrogen) atoms. The summed E-state index contributed by atoms with van der Waals surface area (Å²) in [5.41, 5.74) is 2.46. The van der Waals surface area contributed by atoms with Crippen molar-refractivity contribution < 1.29 is 9.18 Å². The van der Waals surface area contributed by atoms with E-state index in [-0.39, 0.29) is 23.8 Å². The molecule has 0 radical (unpaired) electrons. The van der Waals surface area contributed by atoms with E-state index < -0.39 is 0 Å². The minimum absolute atomic E-state index is 0.0437. The third-order valence-electron chi connectivity index (χ3n) is 4.88. The summed E-state index contributed by atoms with van der Waals surface area (Å²) in [5.74, 6) is -0.430. The van der Waals surface area contributed by atoms with Crippen LogP contribution in [0.3, 0.4) is 0 Å². The highest BCUT2D eigenvalue weighted by atomic mass is 19.1. The van der Waals surface area contributed by atoms with Crippen molar-refractivity contribution in [2.45, 2.75) is 44.8 Å². The van der Waals surface area contributed by atoms with E-state index in [0.29, 0.717) is 25.1 Å². The lowest BCUT2D eigenvalue weighted by Crippen LogP contribution is -2.48. The second-order valence-electron chi connectivity index (χ2n) is 7.13. The van der Waals surface area contributed by atoms with E-state index in [4.69, 9.17) is 0 Å². The summed E-state index contributed by atoms with van der Waals surface area (Å²) in [6.07, 6.45) is 9.66. The SMILES string of the molecule is C=CC[C@@H]1CC(C)=C[C@@H](CC=C)N1C(=O)c1cn(Cc2ccc(F)cc2)nn1. The Hall–Kier alpha value is -3.02. The van der Waals surface area contributed by atoms with Gasteiger partial charge >= 0.3 is 0 Å². The first-order chi connectivity index (χ1) is 13.5. The number of nitrogens with zero attached hydrogens (tertiary/aromatic N) is 4. The second-order valence-corrected chi connectivity index (χ2v) is 7.13. The fourth-order valence-corrected chi connectivity index (χ4v) is 3.66. The maximum atomic E-state index is 13.2. The van der Waals surface area contributed by atoms with Gasteiger partial charge in [-0.3, -0.25) is 4.79 Å². The Morgan fingerprint density at radius 3 is 2.64 bits per heavy atom. The molecule has 0 N–H and O–H groups in total. The average molecular weight is 380 g/mol. The monoisotopic (exact) mass is 380 g/mol. The van der Waals surface area contributed by atoms with Gasteiger partial charge in [-0.2, -0.15) is 0 Å². The van der Waals surface area contributed by atoms with Crippen LogP contribution in [0.1, 0.15) is 42.2 Å². The molecule has 2 aromatic rings. The van der Waals surface area contributed by atoms with Crippen LogP contribution in [-0.2, 0) is 6.54 Å². The molecule has 0 spiro atoms.